The first kappa shape index (κ1) is 12.5. The van der Waals surface area contributed by atoms with Gasteiger partial charge in [-0.1, -0.05) is 20.8 Å². The van der Waals surface area contributed by atoms with Gasteiger partial charge in [-0.2, -0.15) is 5.26 Å². The molecule has 1 atom stereocenters. The predicted octanol–water partition coefficient (Wildman–Crippen LogP) is 1.61. The van der Waals surface area contributed by atoms with Gasteiger partial charge in [0.15, 0.2) is 0 Å². The maximum Gasteiger partial charge on any atom is 0.108 e. The molecule has 0 heterocycles. The lowest BCUT2D eigenvalue weighted by Gasteiger charge is -2.26. The smallest absolute Gasteiger partial charge is 0.108 e. The molecule has 1 fully saturated rings. The van der Waals surface area contributed by atoms with Crippen LogP contribution in [-0.2, 0) is 0 Å². The van der Waals surface area contributed by atoms with Crippen molar-refractivity contribution in [1.29, 1.82) is 5.26 Å². The molecule has 0 radical (unpaired) electrons. The third-order valence-electron chi connectivity index (χ3n) is 2.69. The highest BCUT2D eigenvalue weighted by molar-refractivity contribution is 4.95. The molecule has 0 amide bonds. The number of hydrogen-bond acceptors (Lipinski definition) is 3. The molecule has 1 rings (SSSR count). The molecule has 15 heavy (non-hydrogen) atoms. The van der Waals surface area contributed by atoms with Crippen LogP contribution in [0.2, 0.25) is 0 Å². The average molecular weight is 209 g/mol. The van der Waals surface area contributed by atoms with E-state index < -0.39 is 0 Å². The van der Waals surface area contributed by atoms with Gasteiger partial charge in [-0.05, 0) is 25.3 Å². The van der Waals surface area contributed by atoms with Crippen molar-refractivity contribution in [2.75, 3.05) is 19.6 Å². The maximum absolute atomic E-state index is 9.00. The summed E-state index contributed by atoms with van der Waals surface area (Å²) >= 11 is 0. The van der Waals surface area contributed by atoms with Crippen molar-refractivity contribution in [3.05, 3.63) is 0 Å². The summed E-state index contributed by atoms with van der Waals surface area (Å²) in [7, 11) is 0. The molecule has 0 aliphatic heterocycles. The summed E-state index contributed by atoms with van der Waals surface area (Å²) in [6.45, 7) is 9.40. The van der Waals surface area contributed by atoms with Crippen molar-refractivity contribution in [2.24, 2.45) is 5.92 Å². The molecule has 3 nitrogen and oxygen atoms in total. The predicted molar refractivity (Wildman–Crippen MR) is 62.5 cm³/mol. The maximum atomic E-state index is 9.00. The number of hydrogen-bond donors (Lipinski definition) is 1. The molecule has 1 unspecified atom stereocenters. The molecule has 1 saturated carbocycles. The van der Waals surface area contributed by atoms with Crippen LogP contribution in [0.15, 0.2) is 0 Å². The van der Waals surface area contributed by atoms with Gasteiger partial charge in [0.05, 0.1) is 6.07 Å². The van der Waals surface area contributed by atoms with Crippen molar-refractivity contribution >= 4 is 0 Å². The Balaban J connectivity index is 2.38. The summed E-state index contributed by atoms with van der Waals surface area (Å²) in [5.74, 6) is 0.687. The molecular formula is C12H23N3. The Kier molecular flexibility index (Phi) is 5.07. The molecule has 0 bridgehead atoms. The van der Waals surface area contributed by atoms with E-state index in [1.54, 1.807) is 0 Å². The fourth-order valence-electron chi connectivity index (χ4n) is 1.91. The molecule has 1 aliphatic rings. The van der Waals surface area contributed by atoms with Crippen LogP contribution >= 0.6 is 0 Å². The van der Waals surface area contributed by atoms with Crippen LogP contribution in [-0.4, -0.2) is 36.6 Å². The fraction of sp³-hybridized carbons (Fsp3) is 0.917. The van der Waals surface area contributed by atoms with Gasteiger partial charge in [-0.25, -0.2) is 0 Å². The Labute approximate surface area is 93.5 Å². The van der Waals surface area contributed by atoms with Gasteiger partial charge in [-0.3, -0.25) is 4.90 Å². The van der Waals surface area contributed by atoms with Crippen LogP contribution in [0.5, 0.6) is 0 Å². The van der Waals surface area contributed by atoms with Crippen molar-refractivity contribution in [2.45, 2.75) is 45.7 Å². The van der Waals surface area contributed by atoms with Crippen molar-refractivity contribution in [1.82, 2.24) is 10.2 Å². The molecule has 1 aliphatic carbocycles. The largest absolute Gasteiger partial charge is 0.301 e. The second-order valence-electron chi connectivity index (χ2n) is 4.82. The molecular weight excluding hydrogens is 186 g/mol. The van der Waals surface area contributed by atoms with E-state index in [1.165, 1.54) is 12.8 Å². The van der Waals surface area contributed by atoms with Crippen LogP contribution in [0.4, 0.5) is 0 Å². The zero-order valence-corrected chi connectivity index (χ0v) is 10.2. The highest BCUT2D eigenvalue weighted by Gasteiger charge is 2.30. The second kappa shape index (κ2) is 6.09. The van der Waals surface area contributed by atoms with Gasteiger partial charge in [0.1, 0.15) is 6.04 Å². The lowest BCUT2D eigenvalue weighted by Crippen LogP contribution is -2.42. The molecule has 86 valence electrons. The number of nitriles is 1. The fourth-order valence-corrected chi connectivity index (χ4v) is 1.91. The summed E-state index contributed by atoms with van der Waals surface area (Å²) in [5, 5.41) is 12.2. The number of likely N-dealkylation sites (N-methyl/N-ethyl adjacent to an activating group) is 1. The third-order valence-corrected chi connectivity index (χ3v) is 2.69. The quantitative estimate of drug-likeness (QED) is 0.692. The minimum absolute atomic E-state index is 0.00523. The molecule has 0 aromatic rings. The number of nitrogens with zero attached hydrogens (tertiary/aromatic N) is 2. The first-order chi connectivity index (χ1) is 7.17. The molecule has 0 aromatic heterocycles. The Morgan fingerprint density at radius 3 is 2.47 bits per heavy atom. The first-order valence-corrected chi connectivity index (χ1v) is 6.04. The Bertz CT molecular complexity index is 215. The highest BCUT2D eigenvalue weighted by Crippen LogP contribution is 2.27. The van der Waals surface area contributed by atoms with Crippen molar-refractivity contribution in [3.8, 4) is 6.07 Å². The zero-order valence-electron chi connectivity index (χ0n) is 10.2. The van der Waals surface area contributed by atoms with Gasteiger partial charge in [-0.15, -0.1) is 0 Å². The van der Waals surface area contributed by atoms with E-state index in [1.807, 2.05) is 6.92 Å². The van der Waals surface area contributed by atoms with Crippen LogP contribution in [0.25, 0.3) is 0 Å². The lowest BCUT2D eigenvalue weighted by atomic mass is 10.2. The van der Waals surface area contributed by atoms with Crippen LogP contribution in [0, 0.1) is 17.2 Å². The first-order valence-electron chi connectivity index (χ1n) is 6.04. The number of rotatable bonds is 7. The Hall–Kier alpha value is -0.590. The van der Waals surface area contributed by atoms with E-state index in [0.717, 1.165) is 25.7 Å². The third kappa shape index (κ3) is 4.63. The van der Waals surface area contributed by atoms with E-state index >= 15 is 0 Å². The van der Waals surface area contributed by atoms with Crippen LogP contribution < -0.4 is 5.32 Å². The molecule has 0 spiro atoms. The highest BCUT2D eigenvalue weighted by atomic mass is 15.2. The average Bonchev–Trinajstić information content (AvgIpc) is 2.98. The van der Waals surface area contributed by atoms with Crippen LogP contribution in [0.1, 0.15) is 33.6 Å². The molecule has 0 saturated heterocycles. The van der Waals surface area contributed by atoms with Gasteiger partial charge in [0, 0.05) is 19.1 Å². The topological polar surface area (TPSA) is 39.1 Å². The molecule has 1 N–H and O–H groups in total. The van der Waals surface area contributed by atoms with E-state index in [0.29, 0.717) is 5.92 Å². The van der Waals surface area contributed by atoms with E-state index in [-0.39, 0.29) is 6.04 Å². The summed E-state index contributed by atoms with van der Waals surface area (Å²) in [6, 6.07) is 3.08. The second-order valence-corrected chi connectivity index (χ2v) is 4.82. The van der Waals surface area contributed by atoms with E-state index in [4.69, 9.17) is 5.26 Å². The SMILES string of the molecule is CCNC(C#N)CN(CC(C)C)C1CC1. The number of nitrogens with one attached hydrogen (secondary N) is 1. The van der Waals surface area contributed by atoms with Gasteiger partial charge >= 0.3 is 0 Å². The van der Waals surface area contributed by atoms with Gasteiger partial charge in [0.25, 0.3) is 0 Å². The zero-order chi connectivity index (χ0) is 11.3. The minimum Gasteiger partial charge on any atom is -0.301 e. The van der Waals surface area contributed by atoms with Crippen molar-refractivity contribution < 1.29 is 0 Å². The standard InChI is InChI=1S/C12H23N3/c1-4-14-11(7-13)9-15(8-10(2)3)12-5-6-12/h10-12,14H,4-6,8-9H2,1-3H3. The van der Waals surface area contributed by atoms with Gasteiger partial charge < -0.3 is 5.32 Å². The Morgan fingerprint density at radius 1 is 1.40 bits per heavy atom. The summed E-state index contributed by atoms with van der Waals surface area (Å²) in [5.41, 5.74) is 0. The van der Waals surface area contributed by atoms with Gasteiger partial charge in [0.2, 0.25) is 0 Å². The lowest BCUT2D eigenvalue weighted by molar-refractivity contribution is 0.222. The van der Waals surface area contributed by atoms with Crippen molar-refractivity contribution in [3.63, 3.8) is 0 Å². The molecule has 0 aromatic carbocycles. The normalized spacial score (nSPS) is 18.1. The Morgan fingerprint density at radius 2 is 2.07 bits per heavy atom. The minimum atomic E-state index is -0.00523. The van der Waals surface area contributed by atoms with Crippen LogP contribution in [0.3, 0.4) is 0 Å². The van der Waals surface area contributed by atoms with E-state index in [9.17, 15) is 0 Å². The van der Waals surface area contributed by atoms with E-state index in [2.05, 4.69) is 30.1 Å². The summed E-state index contributed by atoms with van der Waals surface area (Å²) in [4.78, 5) is 2.47. The monoisotopic (exact) mass is 209 g/mol. The summed E-state index contributed by atoms with van der Waals surface area (Å²) in [6.07, 6.45) is 2.63. The summed E-state index contributed by atoms with van der Waals surface area (Å²) < 4.78 is 0. The molecule has 3 heteroatoms.